The van der Waals surface area contributed by atoms with Gasteiger partial charge in [0.1, 0.15) is 6.33 Å². The molecule has 0 saturated carbocycles. The van der Waals surface area contributed by atoms with E-state index in [0.29, 0.717) is 0 Å². The van der Waals surface area contributed by atoms with Gasteiger partial charge in [0.15, 0.2) is 0 Å². The second-order valence-corrected chi connectivity index (χ2v) is 5.07. The standard InChI is InChI=1S/C17H16N4O/c1-12-7-6-8-13(2)15(12)19-17(22)16-18-11-21(20-16)14-9-4-3-5-10-14/h3-11H,1-2H3,(H,19,22). The first-order valence-electron chi connectivity index (χ1n) is 7.00. The Labute approximate surface area is 128 Å². The number of nitrogens with one attached hydrogen (secondary N) is 1. The third-order valence-electron chi connectivity index (χ3n) is 3.44. The highest BCUT2D eigenvalue weighted by Crippen LogP contribution is 2.19. The minimum absolute atomic E-state index is 0.145. The average Bonchev–Trinajstić information content (AvgIpc) is 3.02. The van der Waals surface area contributed by atoms with Gasteiger partial charge in [-0.15, -0.1) is 5.10 Å². The van der Waals surface area contributed by atoms with Crippen molar-refractivity contribution in [3.05, 3.63) is 71.8 Å². The molecule has 0 aliphatic rings. The normalized spacial score (nSPS) is 10.5. The van der Waals surface area contributed by atoms with Crippen LogP contribution in [-0.2, 0) is 0 Å². The van der Waals surface area contributed by atoms with Gasteiger partial charge in [0.2, 0.25) is 5.82 Å². The summed E-state index contributed by atoms with van der Waals surface area (Å²) >= 11 is 0. The molecule has 0 bridgehead atoms. The van der Waals surface area contributed by atoms with Crippen molar-refractivity contribution >= 4 is 11.6 Å². The van der Waals surface area contributed by atoms with Gasteiger partial charge in [-0.2, -0.15) is 0 Å². The molecule has 0 atom stereocenters. The topological polar surface area (TPSA) is 59.8 Å². The lowest BCUT2D eigenvalue weighted by Gasteiger charge is -2.09. The van der Waals surface area contributed by atoms with Crippen molar-refractivity contribution < 1.29 is 4.79 Å². The summed E-state index contributed by atoms with van der Waals surface area (Å²) in [5.41, 5.74) is 3.69. The van der Waals surface area contributed by atoms with Crippen LogP contribution in [0.2, 0.25) is 0 Å². The van der Waals surface area contributed by atoms with E-state index in [1.54, 1.807) is 4.68 Å². The molecule has 3 aromatic rings. The SMILES string of the molecule is Cc1cccc(C)c1NC(=O)c1ncn(-c2ccccc2)n1. The Balaban J connectivity index is 1.83. The summed E-state index contributed by atoms with van der Waals surface area (Å²) in [7, 11) is 0. The van der Waals surface area contributed by atoms with Crippen LogP contribution in [0.1, 0.15) is 21.7 Å². The molecule has 2 aromatic carbocycles. The molecule has 110 valence electrons. The molecule has 0 aliphatic heterocycles. The average molecular weight is 292 g/mol. The van der Waals surface area contributed by atoms with Crippen molar-refractivity contribution in [2.75, 3.05) is 5.32 Å². The van der Waals surface area contributed by atoms with Gasteiger partial charge in [-0.3, -0.25) is 4.79 Å². The molecule has 22 heavy (non-hydrogen) atoms. The number of amides is 1. The van der Waals surface area contributed by atoms with Crippen molar-refractivity contribution in [3.63, 3.8) is 0 Å². The van der Waals surface area contributed by atoms with Crippen LogP contribution in [0.5, 0.6) is 0 Å². The first kappa shape index (κ1) is 14.0. The van der Waals surface area contributed by atoms with Crippen LogP contribution < -0.4 is 5.32 Å². The predicted molar refractivity (Wildman–Crippen MR) is 85.2 cm³/mol. The number of aromatic nitrogens is 3. The van der Waals surface area contributed by atoms with E-state index >= 15 is 0 Å². The predicted octanol–water partition coefficient (Wildman–Crippen LogP) is 3.14. The van der Waals surface area contributed by atoms with Gasteiger partial charge in [0.25, 0.3) is 5.91 Å². The molecular formula is C17H16N4O. The van der Waals surface area contributed by atoms with Crippen molar-refractivity contribution in [1.29, 1.82) is 0 Å². The Hall–Kier alpha value is -2.95. The fraction of sp³-hybridized carbons (Fsp3) is 0.118. The summed E-state index contributed by atoms with van der Waals surface area (Å²) in [5.74, 6) is -0.168. The number of nitrogens with zero attached hydrogens (tertiary/aromatic N) is 3. The number of hydrogen-bond donors (Lipinski definition) is 1. The Kier molecular flexibility index (Phi) is 3.70. The number of benzene rings is 2. The Morgan fingerprint density at radius 3 is 2.36 bits per heavy atom. The minimum atomic E-state index is -0.313. The van der Waals surface area contributed by atoms with Crippen molar-refractivity contribution in [2.24, 2.45) is 0 Å². The maximum Gasteiger partial charge on any atom is 0.295 e. The van der Waals surface area contributed by atoms with Crippen LogP contribution in [0.25, 0.3) is 5.69 Å². The number of carbonyl (C=O) groups is 1. The molecule has 5 heteroatoms. The van der Waals surface area contributed by atoms with Gasteiger partial charge < -0.3 is 5.32 Å². The molecule has 0 saturated heterocycles. The first-order valence-corrected chi connectivity index (χ1v) is 7.00. The minimum Gasteiger partial charge on any atom is -0.319 e. The quantitative estimate of drug-likeness (QED) is 0.806. The first-order chi connectivity index (χ1) is 10.6. The third-order valence-corrected chi connectivity index (χ3v) is 3.44. The van der Waals surface area contributed by atoms with Crippen LogP contribution in [0.4, 0.5) is 5.69 Å². The fourth-order valence-corrected chi connectivity index (χ4v) is 2.25. The maximum atomic E-state index is 12.3. The summed E-state index contributed by atoms with van der Waals surface area (Å²) in [4.78, 5) is 16.4. The smallest absolute Gasteiger partial charge is 0.295 e. The van der Waals surface area contributed by atoms with Gasteiger partial charge in [0, 0.05) is 5.69 Å². The summed E-state index contributed by atoms with van der Waals surface area (Å²) in [5, 5.41) is 7.11. The largest absolute Gasteiger partial charge is 0.319 e. The zero-order valence-corrected chi connectivity index (χ0v) is 12.4. The van der Waals surface area contributed by atoms with Gasteiger partial charge in [-0.05, 0) is 37.1 Å². The van der Waals surface area contributed by atoms with E-state index in [4.69, 9.17) is 0 Å². The Morgan fingerprint density at radius 2 is 1.68 bits per heavy atom. The molecule has 1 N–H and O–H groups in total. The van der Waals surface area contributed by atoms with Crippen LogP contribution in [-0.4, -0.2) is 20.7 Å². The molecule has 0 unspecified atom stereocenters. The van der Waals surface area contributed by atoms with Crippen LogP contribution >= 0.6 is 0 Å². The molecule has 1 heterocycles. The summed E-state index contributed by atoms with van der Waals surface area (Å²) in [6.07, 6.45) is 1.54. The molecule has 0 radical (unpaired) electrons. The van der Waals surface area contributed by atoms with Crippen molar-refractivity contribution in [3.8, 4) is 5.69 Å². The molecule has 3 rings (SSSR count). The molecule has 0 spiro atoms. The molecule has 1 aromatic heterocycles. The summed E-state index contributed by atoms with van der Waals surface area (Å²) in [6.45, 7) is 3.91. The summed E-state index contributed by atoms with van der Waals surface area (Å²) < 4.78 is 1.58. The lowest BCUT2D eigenvalue weighted by Crippen LogP contribution is -2.16. The van der Waals surface area contributed by atoms with E-state index in [1.807, 2.05) is 62.4 Å². The zero-order valence-electron chi connectivity index (χ0n) is 12.4. The number of anilines is 1. The highest BCUT2D eigenvalue weighted by molar-refractivity contribution is 6.02. The van der Waals surface area contributed by atoms with E-state index in [0.717, 1.165) is 22.5 Å². The van der Waals surface area contributed by atoms with Crippen molar-refractivity contribution in [1.82, 2.24) is 14.8 Å². The van der Waals surface area contributed by atoms with Crippen LogP contribution in [0, 0.1) is 13.8 Å². The lowest BCUT2D eigenvalue weighted by atomic mass is 10.1. The van der Waals surface area contributed by atoms with Gasteiger partial charge in [-0.1, -0.05) is 36.4 Å². The zero-order chi connectivity index (χ0) is 15.5. The van der Waals surface area contributed by atoms with E-state index in [-0.39, 0.29) is 11.7 Å². The van der Waals surface area contributed by atoms with E-state index in [1.165, 1.54) is 6.33 Å². The van der Waals surface area contributed by atoms with Gasteiger partial charge >= 0.3 is 0 Å². The van der Waals surface area contributed by atoms with E-state index in [2.05, 4.69) is 15.4 Å². The maximum absolute atomic E-state index is 12.3. The second-order valence-electron chi connectivity index (χ2n) is 5.07. The molecular weight excluding hydrogens is 276 g/mol. The molecule has 5 nitrogen and oxygen atoms in total. The highest BCUT2D eigenvalue weighted by Gasteiger charge is 2.14. The third kappa shape index (κ3) is 2.74. The van der Waals surface area contributed by atoms with Crippen molar-refractivity contribution in [2.45, 2.75) is 13.8 Å². The second kappa shape index (κ2) is 5.81. The van der Waals surface area contributed by atoms with Crippen LogP contribution in [0.3, 0.4) is 0 Å². The summed E-state index contributed by atoms with van der Waals surface area (Å²) in [6, 6.07) is 15.4. The Bertz CT molecular complexity index is 788. The number of para-hydroxylation sites is 2. The molecule has 0 aliphatic carbocycles. The Morgan fingerprint density at radius 1 is 1.00 bits per heavy atom. The lowest BCUT2D eigenvalue weighted by molar-refractivity contribution is 0.101. The van der Waals surface area contributed by atoms with Crippen LogP contribution in [0.15, 0.2) is 54.9 Å². The van der Waals surface area contributed by atoms with Gasteiger partial charge in [0.05, 0.1) is 5.69 Å². The highest BCUT2D eigenvalue weighted by atomic mass is 16.2. The number of carbonyl (C=O) groups excluding carboxylic acids is 1. The fourth-order valence-electron chi connectivity index (χ4n) is 2.25. The molecule has 0 fully saturated rings. The number of hydrogen-bond acceptors (Lipinski definition) is 3. The number of rotatable bonds is 3. The monoisotopic (exact) mass is 292 g/mol. The number of aryl methyl sites for hydroxylation is 2. The van der Waals surface area contributed by atoms with Gasteiger partial charge in [-0.25, -0.2) is 9.67 Å². The van der Waals surface area contributed by atoms with E-state index in [9.17, 15) is 4.79 Å². The molecule has 1 amide bonds. The van der Waals surface area contributed by atoms with E-state index < -0.39 is 0 Å².